The summed E-state index contributed by atoms with van der Waals surface area (Å²) in [6.45, 7) is 4.68. The molecule has 1 aliphatic heterocycles. The fraction of sp³-hybridized carbons (Fsp3) is 0.214. The number of para-hydroxylation sites is 1. The van der Waals surface area contributed by atoms with Crippen LogP contribution in [-0.2, 0) is 11.3 Å². The highest BCUT2D eigenvalue weighted by Crippen LogP contribution is 2.42. The van der Waals surface area contributed by atoms with Crippen LogP contribution < -0.4 is 5.32 Å². The van der Waals surface area contributed by atoms with E-state index in [9.17, 15) is 4.79 Å². The highest BCUT2D eigenvalue weighted by atomic mass is 32.1. The van der Waals surface area contributed by atoms with Crippen LogP contribution in [0.2, 0.25) is 0 Å². The third-order valence-electron chi connectivity index (χ3n) is 6.60. The Kier molecular flexibility index (Phi) is 6.52. The van der Waals surface area contributed by atoms with Gasteiger partial charge in [-0.3, -0.25) is 9.97 Å². The molecule has 1 fully saturated rings. The maximum Gasteiger partial charge on any atom is 0.339 e. The molecule has 3 aromatic heterocycles. The molecule has 1 saturated heterocycles. The molecule has 4 aromatic rings. The summed E-state index contributed by atoms with van der Waals surface area (Å²) in [6, 6.07) is 21.2. The van der Waals surface area contributed by atoms with Crippen LogP contribution in [0, 0.1) is 13.8 Å². The molecule has 0 amide bonds. The zero-order valence-electron chi connectivity index (χ0n) is 20.4. The number of methoxy groups -OCH3 is 1. The van der Waals surface area contributed by atoms with Crippen molar-refractivity contribution in [3.05, 3.63) is 113 Å². The molecule has 0 bridgehead atoms. The van der Waals surface area contributed by atoms with Crippen molar-refractivity contribution in [2.75, 3.05) is 7.11 Å². The molecule has 8 heteroatoms. The van der Waals surface area contributed by atoms with Gasteiger partial charge < -0.3 is 19.5 Å². The van der Waals surface area contributed by atoms with Gasteiger partial charge in [-0.15, -0.1) is 0 Å². The van der Waals surface area contributed by atoms with Crippen molar-refractivity contribution >= 4 is 23.3 Å². The number of pyridine rings is 2. The Bertz CT molecular complexity index is 1400. The second-order valence-electron chi connectivity index (χ2n) is 8.75. The third kappa shape index (κ3) is 4.24. The van der Waals surface area contributed by atoms with E-state index in [2.05, 4.69) is 37.7 Å². The Labute approximate surface area is 215 Å². The second-order valence-corrected chi connectivity index (χ2v) is 9.13. The third-order valence-corrected chi connectivity index (χ3v) is 6.95. The molecule has 1 aromatic carbocycles. The molecule has 5 rings (SSSR count). The maximum absolute atomic E-state index is 12.5. The molecule has 1 aliphatic rings. The van der Waals surface area contributed by atoms with E-state index in [4.69, 9.17) is 17.0 Å². The van der Waals surface area contributed by atoms with Gasteiger partial charge in [0, 0.05) is 23.8 Å². The summed E-state index contributed by atoms with van der Waals surface area (Å²) < 4.78 is 7.16. The van der Waals surface area contributed by atoms with Crippen LogP contribution in [0.5, 0.6) is 0 Å². The lowest BCUT2D eigenvalue weighted by Gasteiger charge is -2.28. The Morgan fingerprint density at radius 2 is 1.75 bits per heavy atom. The summed E-state index contributed by atoms with van der Waals surface area (Å²) in [6.07, 6.45) is 3.59. The zero-order valence-corrected chi connectivity index (χ0v) is 21.2. The molecule has 0 saturated carbocycles. The van der Waals surface area contributed by atoms with Crippen LogP contribution in [0.15, 0.2) is 79.1 Å². The standard InChI is InChI=1S/C28H27N5O2S/c1-18-16-22(19(2)33(18)24-13-5-4-11-21(24)27(34)35-3)26-25(23-12-7-9-15-30-23)31-28(36)32(26)17-20-10-6-8-14-29-20/h4-16,25-26H,17H2,1-3H3,(H,31,36)/t25-,26+/m1/s1. The van der Waals surface area contributed by atoms with E-state index in [1.165, 1.54) is 7.11 Å². The van der Waals surface area contributed by atoms with Crippen molar-refractivity contribution in [2.45, 2.75) is 32.5 Å². The molecule has 0 aliphatic carbocycles. The average Bonchev–Trinajstić information content (AvgIpc) is 3.39. The number of carbonyl (C=O) groups excluding carboxylic acids is 1. The number of rotatable bonds is 6. The van der Waals surface area contributed by atoms with Crippen LogP contribution in [-0.4, -0.2) is 37.6 Å². The first kappa shape index (κ1) is 23.7. The van der Waals surface area contributed by atoms with Gasteiger partial charge in [0.1, 0.15) is 0 Å². The minimum absolute atomic E-state index is 0.125. The first-order valence-electron chi connectivity index (χ1n) is 11.7. The van der Waals surface area contributed by atoms with E-state index < -0.39 is 0 Å². The Hall–Kier alpha value is -4.04. The average molecular weight is 498 g/mol. The summed E-state index contributed by atoms with van der Waals surface area (Å²) in [4.78, 5) is 23.9. The minimum atomic E-state index is -0.369. The molecule has 0 unspecified atom stereocenters. The topological polar surface area (TPSA) is 72.3 Å². The molecule has 1 N–H and O–H groups in total. The summed E-state index contributed by atoms with van der Waals surface area (Å²) in [5.74, 6) is -0.369. The number of ether oxygens (including phenoxy) is 1. The second kappa shape index (κ2) is 9.91. The Morgan fingerprint density at radius 1 is 1.03 bits per heavy atom. The predicted molar refractivity (Wildman–Crippen MR) is 142 cm³/mol. The van der Waals surface area contributed by atoms with Crippen LogP contribution in [0.4, 0.5) is 0 Å². The van der Waals surface area contributed by atoms with E-state index in [1.807, 2.05) is 61.5 Å². The molecular weight excluding hydrogens is 470 g/mol. The highest BCUT2D eigenvalue weighted by molar-refractivity contribution is 7.80. The fourth-order valence-corrected chi connectivity index (χ4v) is 5.29. The number of nitrogens with zero attached hydrogens (tertiary/aromatic N) is 4. The summed E-state index contributed by atoms with van der Waals surface area (Å²) in [5, 5.41) is 4.16. The molecule has 2 atom stereocenters. The normalized spacial score (nSPS) is 17.2. The van der Waals surface area contributed by atoms with Gasteiger partial charge in [0.15, 0.2) is 5.11 Å². The SMILES string of the molecule is COC(=O)c1ccccc1-n1c(C)cc([C@H]2[C@@H](c3ccccn3)NC(=S)N2Cc2ccccn2)c1C. The number of esters is 1. The molecule has 182 valence electrons. The van der Waals surface area contributed by atoms with Crippen LogP contribution >= 0.6 is 12.2 Å². The van der Waals surface area contributed by atoms with Crippen LogP contribution in [0.25, 0.3) is 5.69 Å². The van der Waals surface area contributed by atoms with Crippen molar-refractivity contribution in [3.8, 4) is 5.69 Å². The van der Waals surface area contributed by atoms with Gasteiger partial charge >= 0.3 is 5.97 Å². The van der Waals surface area contributed by atoms with Gasteiger partial charge in [-0.25, -0.2) is 4.79 Å². The van der Waals surface area contributed by atoms with Crippen LogP contribution in [0.3, 0.4) is 0 Å². The number of thiocarbonyl (C=S) groups is 1. The first-order chi connectivity index (χ1) is 17.5. The van der Waals surface area contributed by atoms with Crippen molar-refractivity contribution in [1.29, 1.82) is 0 Å². The first-order valence-corrected chi connectivity index (χ1v) is 12.1. The molecule has 7 nitrogen and oxygen atoms in total. The van der Waals surface area contributed by atoms with Crippen LogP contribution in [0.1, 0.15) is 50.8 Å². The Balaban J connectivity index is 1.64. The van der Waals surface area contributed by atoms with Gasteiger partial charge in [0.2, 0.25) is 0 Å². The van der Waals surface area contributed by atoms with Gasteiger partial charge in [0.25, 0.3) is 0 Å². The number of aromatic nitrogens is 3. The van der Waals surface area contributed by atoms with Crippen molar-refractivity contribution in [1.82, 2.24) is 24.8 Å². The molecule has 4 heterocycles. The number of hydrogen-bond donors (Lipinski definition) is 1. The van der Waals surface area contributed by atoms with E-state index in [0.29, 0.717) is 17.2 Å². The van der Waals surface area contributed by atoms with E-state index in [0.717, 1.165) is 34.0 Å². The smallest absolute Gasteiger partial charge is 0.339 e. The molecule has 36 heavy (non-hydrogen) atoms. The van der Waals surface area contributed by atoms with Gasteiger partial charge in [0.05, 0.1) is 48.4 Å². The Morgan fingerprint density at radius 3 is 2.44 bits per heavy atom. The largest absolute Gasteiger partial charge is 0.465 e. The molecular formula is C28H27N5O2S. The van der Waals surface area contributed by atoms with Gasteiger partial charge in [-0.05, 0) is 74.1 Å². The number of benzene rings is 1. The predicted octanol–water partition coefficient (Wildman–Crippen LogP) is 4.84. The molecule has 0 spiro atoms. The highest BCUT2D eigenvalue weighted by Gasteiger charge is 2.41. The van der Waals surface area contributed by atoms with Crippen molar-refractivity contribution in [2.24, 2.45) is 0 Å². The van der Waals surface area contributed by atoms with E-state index >= 15 is 0 Å². The fourth-order valence-electron chi connectivity index (χ4n) is 4.99. The number of carbonyl (C=O) groups is 1. The quantitative estimate of drug-likeness (QED) is 0.302. The summed E-state index contributed by atoms with van der Waals surface area (Å²) in [5.41, 5.74) is 6.27. The minimum Gasteiger partial charge on any atom is -0.465 e. The summed E-state index contributed by atoms with van der Waals surface area (Å²) in [7, 11) is 1.40. The van der Waals surface area contributed by atoms with Crippen molar-refractivity contribution < 1.29 is 9.53 Å². The lowest BCUT2D eigenvalue weighted by atomic mass is 9.96. The molecule has 0 radical (unpaired) electrons. The summed E-state index contributed by atoms with van der Waals surface area (Å²) >= 11 is 5.83. The monoisotopic (exact) mass is 497 g/mol. The zero-order chi connectivity index (χ0) is 25.2. The number of hydrogen-bond acceptors (Lipinski definition) is 5. The van der Waals surface area contributed by atoms with Gasteiger partial charge in [-0.2, -0.15) is 0 Å². The van der Waals surface area contributed by atoms with Gasteiger partial charge in [-0.1, -0.05) is 24.3 Å². The maximum atomic E-state index is 12.5. The lowest BCUT2D eigenvalue weighted by molar-refractivity contribution is 0.0600. The van der Waals surface area contributed by atoms with E-state index in [-0.39, 0.29) is 18.1 Å². The van der Waals surface area contributed by atoms with E-state index in [1.54, 1.807) is 18.5 Å². The number of aryl methyl sites for hydroxylation is 1. The lowest BCUT2D eigenvalue weighted by Crippen LogP contribution is -2.29. The van der Waals surface area contributed by atoms with Crippen molar-refractivity contribution in [3.63, 3.8) is 0 Å². The number of nitrogens with one attached hydrogen (secondary N) is 1.